The van der Waals surface area contributed by atoms with Crippen molar-refractivity contribution >= 4 is 5.91 Å². The Kier molecular flexibility index (Phi) is 5.50. The highest BCUT2D eigenvalue weighted by molar-refractivity contribution is 5.78. The molecule has 0 aliphatic heterocycles. The van der Waals surface area contributed by atoms with Gasteiger partial charge in [0.15, 0.2) is 0 Å². The Hall–Kier alpha value is -2.16. The Morgan fingerprint density at radius 2 is 1.86 bits per heavy atom. The van der Waals surface area contributed by atoms with Crippen molar-refractivity contribution in [1.29, 1.82) is 0 Å². The molecule has 1 N–H and O–H groups in total. The summed E-state index contributed by atoms with van der Waals surface area (Å²) >= 11 is 0. The van der Waals surface area contributed by atoms with Gasteiger partial charge in [-0.15, -0.1) is 0 Å². The Morgan fingerprint density at radius 3 is 2.57 bits per heavy atom. The molecule has 0 bridgehead atoms. The number of halogens is 1. The van der Waals surface area contributed by atoms with E-state index in [4.69, 9.17) is 0 Å². The van der Waals surface area contributed by atoms with E-state index in [-0.39, 0.29) is 11.7 Å². The number of rotatable bonds is 6. The maximum Gasteiger partial charge on any atom is 0.224 e. The Balaban J connectivity index is 1.68. The first kappa shape index (κ1) is 15.2. The van der Waals surface area contributed by atoms with Crippen LogP contribution in [0.3, 0.4) is 0 Å². The van der Waals surface area contributed by atoms with E-state index in [9.17, 15) is 9.18 Å². The Labute approximate surface area is 125 Å². The number of carbonyl (C=O) groups is 1. The van der Waals surface area contributed by atoms with E-state index >= 15 is 0 Å². The van der Waals surface area contributed by atoms with Crippen molar-refractivity contribution in [3.63, 3.8) is 0 Å². The zero-order valence-electron chi connectivity index (χ0n) is 12.2. The third-order valence-electron chi connectivity index (χ3n) is 3.32. The van der Waals surface area contributed by atoms with E-state index in [2.05, 4.69) is 36.5 Å². The third kappa shape index (κ3) is 5.38. The zero-order valence-corrected chi connectivity index (χ0v) is 12.2. The van der Waals surface area contributed by atoms with Crippen molar-refractivity contribution in [1.82, 2.24) is 5.32 Å². The first-order valence-corrected chi connectivity index (χ1v) is 7.20. The molecule has 110 valence electrons. The van der Waals surface area contributed by atoms with Crippen molar-refractivity contribution in [3.8, 4) is 0 Å². The summed E-state index contributed by atoms with van der Waals surface area (Å²) in [7, 11) is 0. The standard InChI is InChI=1S/C18H20FNO/c1-14-4-2-5-15(12-14)6-3-11-20-18(21)13-16-7-9-17(19)10-8-16/h2,4-5,7-10,12H,3,6,11,13H2,1H3,(H,20,21). The summed E-state index contributed by atoms with van der Waals surface area (Å²) in [4.78, 5) is 11.8. The highest BCUT2D eigenvalue weighted by atomic mass is 19.1. The van der Waals surface area contributed by atoms with Crippen LogP contribution in [0.4, 0.5) is 4.39 Å². The summed E-state index contributed by atoms with van der Waals surface area (Å²) in [5, 5.41) is 2.90. The van der Waals surface area contributed by atoms with E-state index in [1.807, 2.05) is 0 Å². The molecular weight excluding hydrogens is 265 g/mol. The van der Waals surface area contributed by atoms with E-state index in [1.54, 1.807) is 12.1 Å². The van der Waals surface area contributed by atoms with Gasteiger partial charge >= 0.3 is 0 Å². The normalized spacial score (nSPS) is 10.4. The molecule has 0 radical (unpaired) electrons. The van der Waals surface area contributed by atoms with E-state index in [1.165, 1.54) is 23.3 Å². The molecule has 2 aromatic carbocycles. The lowest BCUT2D eigenvalue weighted by molar-refractivity contribution is -0.120. The molecule has 2 rings (SSSR count). The first-order chi connectivity index (χ1) is 10.1. The van der Waals surface area contributed by atoms with E-state index in [0.717, 1.165) is 18.4 Å². The van der Waals surface area contributed by atoms with Gasteiger partial charge in [0, 0.05) is 6.54 Å². The number of amides is 1. The third-order valence-corrected chi connectivity index (χ3v) is 3.32. The predicted octanol–water partition coefficient (Wildman–Crippen LogP) is 3.43. The van der Waals surface area contributed by atoms with Gasteiger partial charge in [-0.05, 0) is 43.0 Å². The molecule has 2 aromatic rings. The lowest BCUT2D eigenvalue weighted by Gasteiger charge is -2.06. The molecule has 3 heteroatoms. The van der Waals surface area contributed by atoms with Gasteiger partial charge in [0.1, 0.15) is 5.82 Å². The zero-order chi connectivity index (χ0) is 15.1. The molecule has 0 heterocycles. The van der Waals surface area contributed by atoms with Crippen LogP contribution in [0.15, 0.2) is 48.5 Å². The van der Waals surface area contributed by atoms with Gasteiger partial charge in [-0.25, -0.2) is 4.39 Å². The van der Waals surface area contributed by atoms with E-state index in [0.29, 0.717) is 13.0 Å². The van der Waals surface area contributed by atoms with Gasteiger partial charge in [0.2, 0.25) is 5.91 Å². The SMILES string of the molecule is Cc1cccc(CCCNC(=O)Cc2ccc(F)cc2)c1. The highest BCUT2D eigenvalue weighted by Crippen LogP contribution is 2.06. The average Bonchev–Trinajstić information content (AvgIpc) is 2.46. The molecule has 0 saturated carbocycles. The van der Waals surface area contributed by atoms with Gasteiger partial charge in [0.25, 0.3) is 0 Å². The number of nitrogens with one attached hydrogen (secondary N) is 1. The fourth-order valence-corrected chi connectivity index (χ4v) is 2.24. The second-order valence-corrected chi connectivity index (χ2v) is 5.25. The van der Waals surface area contributed by atoms with Crippen LogP contribution in [0.1, 0.15) is 23.1 Å². The molecular formula is C18H20FNO. The maximum atomic E-state index is 12.8. The average molecular weight is 285 g/mol. The van der Waals surface area contributed by atoms with Gasteiger partial charge in [-0.1, -0.05) is 42.0 Å². The largest absolute Gasteiger partial charge is 0.356 e. The fourth-order valence-electron chi connectivity index (χ4n) is 2.24. The number of hydrogen-bond acceptors (Lipinski definition) is 1. The van der Waals surface area contributed by atoms with Crippen LogP contribution in [-0.4, -0.2) is 12.5 Å². The highest BCUT2D eigenvalue weighted by Gasteiger charge is 2.03. The molecule has 0 unspecified atom stereocenters. The number of carbonyl (C=O) groups excluding carboxylic acids is 1. The van der Waals surface area contributed by atoms with Crippen molar-refractivity contribution in [2.75, 3.05) is 6.54 Å². The summed E-state index contributed by atoms with van der Waals surface area (Å²) in [6, 6.07) is 14.4. The van der Waals surface area contributed by atoms with Crippen LogP contribution >= 0.6 is 0 Å². The number of hydrogen-bond donors (Lipinski definition) is 1. The summed E-state index contributed by atoms with van der Waals surface area (Å²) < 4.78 is 12.8. The minimum Gasteiger partial charge on any atom is -0.356 e. The van der Waals surface area contributed by atoms with Gasteiger partial charge < -0.3 is 5.32 Å². The van der Waals surface area contributed by atoms with Crippen molar-refractivity contribution in [3.05, 3.63) is 71.0 Å². The topological polar surface area (TPSA) is 29.1 Å². The molecule has 0 fully saturated rings. The molecule has 21 heavy (non-hydrogen) atoms. The van der Waals surface area contributed by atoms with Crippen LogP contribution in [-0.2, 0) is 17.6 Å². The molecule has 0 aromatic heterocycles. The molecule has 0 atom stereocenters. The smallest absolute Gasteiger partial charge is 0.224 e. The van der Waals surface area contributed by atoms with Crippen molar-refractivity contribution < 1.29 is 9.18 Å². The Bertz CT molecular complexity index is 592. The van der Waals surface area contributed by atoms with Gasteiger partial charge in [0.05, 0.1) is 6.42 Å². The molecule has 0 aliphatic rings. The van der Waals surface area contributed by atoms with Gasteiger partial charge in [-0.2, -0.15) is 0 Å². The summed E-state index contributed by atoms with van der Waals surface area (Å²) in [6.45, 7) is 2.74. The molecule has 0 saturated heterocycles. The predicted molar refractivity (Wildman–Crippen MR) is 82.6 cm³/mol. The first-order valence-electron chi connectivity index (χ1n) is 7.20. The van der Waals surface area contributed by atoms with Crippen LogP contribution in [0.25, 0.3) is 0 Å². The van der Waals surface area contributed by atoms with Crippen LogP contribution in [0.5, 0.6) is 0 Å². The monoisotopic (exact) mass is 285 g/mol. The summed E-state index contributed by atoms with van der Waals surface area (Å²) in [6.07, 6.45) is 2.17. The van der Waals surface area contributed by atoms with Crippen molar-refractivity contribution in [2.24, 2.45) is 0 Å². The summed E-state index contributed by atoms with van der Waals surface area (Å²) in [5.41, 5.74) is 3.38. The van der Waals surface area contributed by atoms with Gasteiger partial charge in [-0.3, -0.25) is 4.79 Å². The molecule has 2 nitrogen and oxygen atoms in total. The van der Waals surface area contributed by atoms with E-state index < -0.39 is 0 Å². The number of benzene rings is 2. The second kappa shape index (κ2) is 7.58. The molecule has 0 spiro atoms. The number of aryl methyl sites for hydroxylation is 2. The minimum absolute atomic E-state index is 0.0224. The van der Waals surface area contributed by atoms with Crippen molar-refractivity contribution in [2.45, 2.75) is 26.2 Å². The summed E-state index contributed by atoms with van der Waals surface area (Å²) in [5.74, 6) is -0.303. The second-order valence-electron chi connectivity index (χ2n) is 5.25. The Morgan fingerprint density at radius 1 is 1.10 bits per heavy atom. The minimum atomic E-state index is -0.280. The van der Waals surface area contributed by atoms with Crippen LogP contribution < -0.4 is 5.32 Å². The maximum absolute atomic E-state index is 12.8. The fraction of sp³-hybridized carbons (Fsp3) is 0.278. The van der Waals surface area contributed by atoms with Crippen LogP contribution in [0, 0.1) is 12.7 Å². The quantitative estimate of drug-likeness (QED) is 0.810. The lowest BCUT2D eigenvalue weighted by Crippen LogP contribution is -2.26. The molecule has 1 amide bonds. The molecule has 0 aliphatic carbocycles. The van der Waals surface area contributed by atoms with Crippen LogP contribution in [0.2, 0.25) is 0 Å². The lowest BCUT2D eigenvalue weighted by atomic mass is 10.1.